The Morgan fingerprint density at radius 3 is 2.07 bits per heavy atom. The first kappa shape index (κ1) is 20.7. The standard InChI is InChI=1S/C16H12Cl3N5O3S/c17-8-5-11(18)16(12(19)6-8)22-21-13-7-14(28(25,26)27)9-3-1-2-4-10(9)15(13)23-24-20/h3-7H,1-2H2,(H2,20,23)(H,25,26,27)/b22-21+. The average molecular weight is 461 g/mol. The van der Waals surface area contributed by atoms with Gasteiger partial charge in [0.05, 0.1) is 10.0 Å². The van der Waals surface area contributed by atoms with Crippen LogP contribution in [0.2, 0.25) is 15.1 Å². The van der Waals surface area contributed by atoms with E-state index >= 15 is 0 Å². The number of benzene rings is 2. The summed E-state index contributed by atoms with van der Waals surface area (Å²) >= 11 is 18.1. The van der Waals surface area contributed by atoms with Gasteiger partial charge in [0.15, 0.2) is 0 Å². The second kappa shape index (κ2) is 8.14. The Labute approximate surface area is 174 Å². The highest BCUT2D eigenvalue weighted by Gasteiger charge is 2.19. The molecule has 2 aromatic carbocycles. The minimum Gasteiger partial charge on any atom is -0.305 e. The van der Waals surface area contributed by atoms with Crippen molar-refractivity contribution < 1.29 is 13.0 Å². The first-order chi connectivity index (χ1) is 13.2. The van der Waals surface area contributed by atoms with Crippen LogP contribution >= 0.6 is 34.8 Å². The first-order valence-corrected chi connectivity index (χ1v) is 10.3. The quantitative estimate of drug-likeness (QED) is 0.298. The number of azo groups is 1. The van der Waals surface area contributed by atoms with Gasteiger partial charge in [0, 0.05) is 15.5 Å². The molecule has 28 heavy (non-hydrogen) atoms. The lowest BCUT2D eigenvalue weighted by molar-refractivity contribution is 0.482. The van der Waals surface area contributed by atoms with Crippen LogP contribution in [0, 0.1) is 0 Å². The van der Waals surface area contributed by atoms with Crippen LogP contribution in [0.25, 0.3) is 12.2 Å². The number of nitrogens with two attached hydrogens (primary N) is 1. The molecule has 3 N–H and O–H groups in total. The molecule has 0 atom stereocenters. The number of hydrogen-bond donors (Lipinski definition) is 2. The Morgan fingerprint density at radius 1 is 0.893 bits per heavy atom. The summed E-state index contributed by atoms with van der Waals surface area (Å²) in [5.74, 6) is 5.20. The fraction of sp³-hybridized carbons (Fsp3) is 0.125. The maximum absolute atomic E-state index is 11.9. The second-order valence-corrected chi connectivity index (χ2v) is 8.30. The van der Waals surface area contributed by atoms with Gasteiger partial charge >= 0.3 is 0 Å². The molecule has 8 nitrogen and oxygen atoms in total. The van der Waals surface area contributed by atoms with Crippen LogP contribution < -0.4 is 16.3 Å². The smallest absolute Gasteiger partial charge is 0.295 e. The van der Waals surface area contributed by atoms with Crippen molar-refractivity contribution in [3.8, 4) is 0 Å². The van der Waals surface area contributed by atoms with Crippen molar-refractivity contribution in [1.29, 1.82) is 0 Å². The molecule has 3 rings (SSSR count). The first-order valence-electron chi connectivity index (χ1n) is 7.74. The Morgan fingerprint density at radius 2 is 1.50 bits per heavy atom. The number of hydrogen-bond acceptors (Lipinski definition) is 6. The highest BCUT2D eigenvalue weighted by Crippen LogP contribution is 2.38. The van der Waals surface area contributed by atoms with Gasteiger partial charge in [-0.1, -0.05) is 52.2 Å². The maximum Gasteiger partial charge on any atom is 0.295 e. The number of fused-ring (bicyclic) bond motifs is 1. The third kappa shape index (κ3) is 4.18. The van der Waals surface area contributed by atoms with Gasteiger partial charge in [0.25, 0.3) is 10.1 Å². The Bertz CT molecular complexity index is 1220. The minimum absolute atomic E-state index is 0.00853. The van der Waals surface area contributed by atoms with Crippen LogP contribution in [0.1, 0.15) is 12.8 Å². The molecule has 0 radical (unpaired) electrons. The number of rotatable bonds is 4. The zero-order chi connectivity index (χ0) is 20.5. The van der Waals surface area contributed by atoms with Gasteiger partial charge in [0.1, 0.15) is 22.0 Å². The maximum atomic E-state index is 11.9. The summed E-state index contributed by atoms with van der Waals surface area (Å²) in [6.45, 7) is 0. The van der Waals surface area contributed by atoms with Crippen LogP contribution in [0.15, 0.2) is 43.7 Å². The van der Waals surface area contributed by atoms with Gasteiger partial charge in [-0.3, -0.25) is 4.55 Å². The van der Waals surface area contributed by atoms with Gasteiger partial charge < -0.3 is 5.84 Å². The van der Waals surface area contributed by atoms with E-state index in [2.05, 4.69) is 20.6 Å². The molecule has 1 aliphatic rings. The molecule has 0 unspecified atom stereocenters. The van der Waals surface area contributed by atoms with Crippen LogP contribution in [-0.2, 0) is 10.1 Å². The van der Waals surface area contributed by atoms with E-state index in [-0.39, 0.29) is 32.0 Å². The second-order valence-electron chi connectivity index (χ2n) is 5.66. The summed E-state index contributed by atoms with van der Waals surface area (Å²) < 4.78 is 33.3. The van der Waals surface area contributed by atoms with Crippen LogP contribution in [0.3, 0.4) is 0 Å². The molecule has 0 aliphatic heterocycles. The molecule has 0 saturated heterocycles. The van der Waals surface area contributed by atoms with E-state index in [1.165, 1.54) is 12.1 Å². The Balaban J connectivity index is 2.30. The van der Waals surface area contributed by atoms with Gasteiger partial charge in [-0.2, -0.15) is 8.42 Å². The molecule has 0 fully saturated rings. The molecule has 2 aromatic rings. The molecule has 1 aliphatic carbocycles. The lowest BCUT2D eigenvalue weighted by atomic mass is 10.1. The van der Waals surface area contributed by atoms with Crippen LogP contribution in [0.5, 0.6) is 0 Å². The zero-order valence-electron chi connectivity index (χ0n) is 14.0. The molecular formula is C16H12Cl3N5O3S. The molecular weight excluding hydrogens is 449 g/mol. The molecule has 0 bridgehead atoms. The monoisotopic (exact) mass is 459 g/mol. The highest BCUT2D eigenvalue weighted by atomic mass is 35.5. The van der Waals surface area contributed by atoms with Gasteiger partial charge in [-0.15, -0.1) is 15.3 Å². The molecule has 12 heteroatoms. The Kier molecular flexibility index (Phi) is 6.01. The van der Waals surface area contributed by atoms with Crippen molar-refractivity contribution in [1.82, 2.24) is 0 Å². The zero-order valence-corrected chi connectivity index (χ0v) is 17.1. The fourth-order valence-corrected chi connectivity index (χ4v) is 4.35. The predicted molar refractivity (Wildman–Crippen MR) is 108 cm³/mol. The summed E-state index contributed by atoms with van der Waals surface area (Å²) in [5, 5.41) is 16.5. The number of halogens is 3. The van der Waals surface area contributed by atoms with E-state index in [1.54, 1.807) is 12.2 Å². The highest BCUT2D eigenvalue weighted by molar-refractivity contribution is 7.85. The summed E-state index contributed by atoms with van der Waals surface area (Å²) in [6, 6.07) is 4.00. The van der Waals surface area contributed by atoms with Gasteiger partial charge in [0.2, 0.25) is 0 Å². The van der Waals surface area contributed by atoms with Crippen molar-refractivity contribution in [2.75, 3.05) is 0 Å². The SMILES string of the molecule is NN=Nc1c(/N=N/c2c(Cl)cc(Cl)cc2Cl)cc(S(=O)(=O)O)c2c1=CCCC=2. The lowest BCUT2D eigenvalue weighted by Crippen LogP contribution is -2.32. The van der Waals surface area contributed by atoms with E-state index in [0.717, 1.165) is 6.07 Å². The van der Waals surface area contributed by atoms with Crippen molar-refractivity contribution in [2.24, 2.45) is 26.4 Å². The minimum atomic E-state index is -4.53. The molecule has 146 valence electrons. The van der Waals surface area contributed by atoms with Gasteiger partial charge in [-0.05, 0) is 31.0 Å². The van der Waals surface area contributed by atoms with Crippen molar-refractivity contribution in [3.05, 3.63) is 43.7 Å². The van der Waals surface area contributed by atoms with Gasteiger partial charge in [-0.25, -0.2) is 0 Å². The third-order valence-electron chi connectivity index (χ3n) is 3.86. The molecule has 0 spiro atoms. The lowest BCUT2D eigenvalue weighted by Gasteiger charge is -2.09. The normalized spacial score (nSPS) is 14.1. The molecule has 0 saturated carbocycles. The third-order valence-corrected chi connectivity index (χ3v) is 5.55. The fourth-order valence-electron chi connectivity index (χ4n) is 2.73. The van der Waals surface area contributed by atoms with Crippen molar-refractivity contribution >= 4 is 74.1 Å². The van der Waals surface area contributed by atoms with Crippen molar-refractivity contribution in [2.45, 2.75) is 17.7 Å². The van der Waals surface area contributed by atoms with E-state index in [0.29, 0.717) is 28.3 Å². The van der Waals surface area contributed by atoms with Crippen molar-refractivity contribution in [3.63, 3.8) is 0 Å². The van der Waals surface area contributed by atoms with E-state index in [1.807, 2.05) is 0 Å². The largest absolute Gasteiger partial charge is 0.305 e. The van der Waals surface area contributed by atoms with Crippen LogP contribution in [0.4, 0.5) is 17.1 Å². The average Bonchev–Trinajstić information content (AvgIpc) is 2.61. The predicted octanol–water partition coefficient (Wildman–Crippen LogP) is 4.62. The van der Waals surface area contributed by atoms with E-state index in [4.69, 9.17) is 40.6 Å². The topological polar surface area (TPSA) is 130 Å². The van der Waals surface area contributed by atoms with E-state index < -0.39 is 10.1 Å². The molecule has 0 amide bonds. The Hall–Kier alpha value is -2.04. The summed E-state index contributed by atoms with van der Waals surface area (Å²) in [4.78, 5) is -0.323. The number of nitrogens with zero attached hydrogens (tertiary/aromatic N) is 4. The molecule has 0 aromatic heterocycles. The van der Waals surface area contributed by atoms with E-state index in [9.17, 15) is 13.0 Å². The molecule has 0 heterocycles. The summed E-state index contributed by atoms with van der Waals surface area (Å²) in [5.41, 5.74) is 0.338. The summed E-state index contributed by atoms with van der Waals surface area (Å²) in [6.07, 6.45) is 4.68. The summed E-state index contributed by atoms with van der Waals surface area (Å²) in [7, 11) is -4.53. The van der Waals surface area contributed by atoms with Crippen LogP contribution in [-0.4, -0.2) is 13.0 Å².